The maximum atomic E-state index is 11.6. The molecule has 1 heterocycles. The van der Waals surface area contributed by atoms with E-state index in [1.807, 2.05) is 0 Å². The molecule has 4 nitrogen and oxygen atoms in total. The zero-order chi connectivity index (χ0) is 15.0. The lowest BCUT2D eigenvalue weighted by molar-refractivity contribution is 0.00921. The molecule has 110 valence electrons. The Morgan fingerprint density at radius 3 is 2.40 bits per heavy atom. The van der Waals surface area contributed by atoms with Crippen molar-refractivity contribution in [3.05, 3.63) is 12.1 Å². The van der Waals surface area contributed by atoms with Crippen molar-refractivity contribution in [2.45, 2.75) is 31.9 Å². The molecule has 10 heteroatoms. The van der Waals surface area contributed by atoms with Crippen LogP contribution in [0.25, 0.3) is 0 Å². The summed E-state index contributed by atoms with van der Waals surface area (Å²) in [5.74, 6) is 0.384. The fourth-order valence-electron chi connectivity index (χ4n) is 1.80. The van der Waals surface area contributed by atoms with Crippen molar-refractivity contribution in [2.75, 3.05) is 0 Å². The summed E-state index contributed by atoms with van der Waals surface area (Å²) in [6, 6.07) is 3.18. The molecule has 0 spiro atoms. The zero-order valence-electron chi connectivity index (χ0n) is 9.96. The molecule has 1 saturated heterocycles. The van der Waals surface area contributed by atoms with Gasteiger partial charge in [-0.1, -0.05) is 12.8 Å². The van der Waals surface area contributed by atoms with Gasteiger partial charge in [0.15, 0.2) is 6.10 Å². The average molecular weight is 385 g/mol. The van der Waals surface area contributed by atoms with E-state index in [4.69, 9.17) is 4.74 Å². The van der Waals surface area contributed by atoms with Crippen molar-refractivity contribution >= 4 is 78.6 Å². The SMILES string of the molecule is O=C(NS)N1C(P)C(Oc2cc(S)c(S)cc2S)C1S. The van der Waals surface area contributed by atoms with Gasteiger partial charge in [0.25, 0.3) is 0 Å². The summed E-state index contributed by atoms with van der Waals surface area (Å²) in [5.41, 5.74) is 0. The van der Waals surface area contributed by atoms with Gasteiger partial charge in [-0.3, -0.25) is 9.62 Å². The van der Waals surface area contributed by atoms with Crippen molar-refractivity contribution in [2.24, 2.45) is 0 Å². The highest BCUT2D eigenvalue weighted by molar-refractivity contribution is 7.83. The molecule has 20 heavy (non-hydrogen) atoms. The molecule has 0 aliphatic carbocycles. The van der Waals surface area contributed by atoms with E-state index in [1.54, 1.807) is 12.1 Å². The Hall–Kier alpha value is 0.470. The van der Waals surface area contributed by atoms with Crippen LogP contribution in [0.1, 0.15) is 0 Å². The summed E-state index contributed by atoms with van der Waals surface area (Å²) in [4.78, 5) is 15.1. The van der Waals surface area contributed by atoms with Crippen molar-refractivity contribution in [3.63, 3.8) is 0 Å². The first kappa shape index (κ1) is 16.8. The number of carbonyl (C=O) groups excluding carboxylic acids is 1. The Morgan fingerprint density at radius 1 is 1.25 bits per heavy atom. The highest BCUT2D eigenvalue weighted by atomic mass is 32.1. The van der Waals surface area contributed by atoms with Gasteiger partial charge >= 0.3 is 6.03 Å². The van der Waals surface area contributed by atoms with Crippen LogP contribution in [0.4, 0.5) is 4.79 Å². The third-order valence-electron chi connectivity index (χ3n) is 2.89. The Bertz CT molecular complexity index is 537. The monoisotopic (exact) mass is 384 g/mol. The van der Waals surface area contributed by atoms with Crippen LogP contribution >= 0.6 is 72.6 Å². The van der Waals surface area contributed by atoms with Gasteiger partial charge in [0.2, 0.25) is 0 Å². The lowest BCUT2D eigenvalue weighted by Gasteiger charge is -2.50. The van der Waals surface area contributed by atoms with Crippen LogP contribution in [-0.2, 0) is 0 Å². The van der Waals surface area contributed by atoms with Crippen molar-refractivity contribution in [3.8, 4) is 5.75 Å². The maximum absolute atomic E-state index is 11.6. The molecule has 2 amide bonds. The van der Waals surface area contributed by atoms with Gasteiger partial charge in [-0.05, 0) is 12.1 Å². The number of likely N-dealkylation sites (tertiary alicyclic amines) is 1. The molecule has 1 aromatic rings. The number of thiol groups is 5. The van der Waals surface area contributed by atoms with E-state index in [1.165, 1.54) is 4.90 Å². The molecule has 1 aliphatic rings. The van der Waals surface area contributed by atoms with Crippen molar-refractivity contribution in [1.82, 2.24) is 9.62 Å². The van der Waals surface area contributed by atoms with Crippen LogP contribution in [-0.4, -0.2) is 28.2 Å². The number of hydrogen-bond acceptors (Lipinski definition) is 7. The van der Waals surface area contributed by atoms with Gasteiger partial charge in [-0.25, -0.2) is 4.79 Å². The largest absolute Gasteiger partial charge is 0.484 e. The minimum Gasteiger partial charge on any atom is -0.484 e. The molecular weight excluding hydrogens is 371 g/mol. The first-order valence-electron chi connectivity index (χ1n) is 5.44. The Kier molecular flexibility index (Phi) is 5.64. The van der Waals surface area contributed by atoms with E-state index >= 15 is 0 Å². The van der Waals surface area contributed by atoms with Crippen LogP contribution in [0.15, 0.2) is 26.8 Å². The molecule has 0 radical (unpaired) electrons. The Morgan fingerprint density at radius 2 is 1.85 bits per heavy atom. The zero-order valence-corrected chi connectivity index (χ0v) is 15.6. The van der Waals surface area contributed by atoms with E-state index < -0.39 is 0 Å². The highest BCUT2D eigenvalue weighted by Crippen LogP contribution is 2.39. The summed E-state index contributed by atoms with van der Waals surface area (Å²) in [7, 11) is 2.55. The Labute approximate surface area is 147 Å². The third-order valence-corrected chi connectivity index (χ3v) is 5.59. The van der Waals surface area contributed by atoms with Crippen LogP contribution in [0.2, 0.25) is 0 Å². The number of carbonyl (C=O) groups is 1. The molecule has 1 fully saturated rings. The quantitative estimate of drug-likeness (QED) is 0.351. The number of urea groups is 1. The number of hydrogen-bond donors (Lipinski definition) is 6. The highest BCUT2D eigenvalue weighted by Gasteiger charge is 2.48. The second-order valence-corrected chi connectivity index (χ2v) is 7.00. The number of benzene rings is 1. The third kappa shape index (κ3) is 3.13. The van der Waals surface area contributed by atoms with Gasteiger partial charge in [-0.2, -0.15) is 12.6 Å². The second-order valence-electron chi connectivity index (χ2n) is 4.12. The molecule has 4 unspecified atom stereocenters. The minimum absolute atomic E-state index is 0.198. The van der Waals surface area contributed by atoms with Gasteiger partial charge in [0, 0.05) is 14.7 Å². The molecule has 2 rings (SSSR count). The lowest BCUT2D eigenvalue weighted by Crippen LogP contribution is -2.67. The molecule has 4 atom stereocenters. The number of nitrogens with one attached hydrogen (secondary N) is 1. The van der Waals surface area contributed by atoms with Gasteiger partial charge < -0.3 is 4.74 Å². The normalized spacial score (nSPS) is 25.1. The Balaban J connectivity index is 2.13. The van der Waals surface area contributed by atoms with Gasteiger partial charge in [0.1, 0.15) is 11.1 Å². The summed E-state index contributed by atoms with van der Waals surface area (Å²) in [5, 5.41) is -0.364. The molecule has 0 aromatic heterocycles. The summed E-state index contributed by atoms with van der Waals surface area (Å²) in [6.45, 7) is 0. The smallest absolute Gasteiger partial charge is 0.328 e. The number of nitrogens with zero attached hydrogens (tertiary/aromatic N) is 1. The fraction of sp³-hybridized carbons (Fsp3) is 0.300. The maximum Gasteiger partial charge on any atom is 0.328 e. The van der Waals surface area contributed by atoms with Crippen LogP contribution in [0, 0.1) is 0 Å². The van der Waals surface area contributed by atoms with E-state index in [0.29, 0.717) is 15.5 Å². The standard InChI is InChI=1S/C10H13N2O2PS5/c13-10(11-20)12-8(15)7(9(12)19)14-3-1-5(17)6(18)2-4(3)16/h1-2,7-9,16-20H,15H2,(H,11,13). The van der Waals surface area contributed by atoms with Crippen LogP contribution in [0.3, 0.4) is 0 Å². The predicted octanol–water partition coefficient (Wildman–Crippen LogP) is 2.63. The van der Waals surface area contributed by atoms with E-state index in [0.717, 1.165) is 4.90 Å². The average Bonchev–Trinajstić information content (AvgIpc) is 2.41. The summed E-state index contributed by atoms with van der Waals surface area (Å²) >= 11 is 21.0. The van der Waals surface area contributed by atoms with Gasteiger partial charge in [-0.15, -0.1) is 47.1 Å². The second kappa shape index (κ2) is 6.71. The van der Waals surface area contributed by atoms with Crippen molar-refractivity contribution in [1.29, 1.82) is 0 Å². The molecule has 1 N–H and O–H groups in total. The minimum atomic E-state index is -0.364. The number of rotatable bonds is 2. The molecular formula is C10H13N2O2PS5. The first-order chi connectivity index (χ1) is 9.36. The summed E-state index contributed by atoms with van der Waals surface area (Å²) < 4.78 is 8.13. The van der Waals surface area contributed by atoms with E-state index in [9.17, 15) is 4.79 Å². The van der Waals surface area contributed by atoms with E-state index in [-0.39, 0.29) is 23.3 Å². The molecule has 0 bridgehead atoms. The molecule has 1 aromatic carbocycles. The summed E-state index contributed by atoms with van der Waals surface area (Å²) in [6.07, 6.45) is -0.265. The van der Waals surface area contributed by atoms with Crippen LogP contribution in [0.5, 0.6) is 5.75 Å². The molecule has 1 aliphatic heterocycles. The number of amides is 2. The number of ether oxygens (including phenoxy) is 1. The van der Waals surface area contributed by atoms with Crippen molar-refractivity contribution < 1.29 is 9.53 Å². The van der Waals surface area contributed by atoms with Gasteiger partial charge in [0.05, 0.1) is 5.78 Å². The van der Waals surface area contributed by atoms with Crippen LogP contribution < -0.4 is 9.46 Å². The lowest BCUT2D eigenvalue weighted by atomic mass is 10.1. The topological polar surface area (TPSA) is 41.6 Å². The van der Waals surface area contributed by atoms with E-state index in [2.05, 4.69) is 77.3 Å². The fourth-order valence-corrected chi connectivity index (χ4v) is 4.08. The molecule has 0 saturated carbocycles. The first-order valence-corrected chi connectivity index (χ1v) is 8.41. The predicted molar refractivity (Wildman–Crippen MR) is 98.2 cm³/mol.